The van der Waals surface area contributed by atoms with Crippen LogP contribution in [0.1, 0.15) is 24.5 Å². The molecule has 3 rings (SSSR count). The molecule has 0 aromatic heterocycles. The summed E-state index contributed by atoms with van der Waals surface area (Å²) in [4.78, 5) is 12.2. The number of nitrogens with zero attached hydrogens (tertiary/aromatic N) is 4. The maximum Gasteiger partial charge on any atom is 0.191 e. The highest BCUT2D eigenvalue weighted by Gasteiger charge is 2.13. The molecule has 168 valence electrons. The summed E-state index contributed by atoms with van der Waals surface area (Å²) < 4.78 is 5.41. The molecule has 1 aromatic carbocycles. The van der Waals surface area contributed by atoms with Gasteiger partial charge in [-0.25, -0.2) is 4.99 Å². The van der Waals surface area contributed by atoms with E-state index in [1.807, 2.05) is 0 Å². The van der Waals surface area contributed by atoms with E-state index in [1.54, 1.807) is 0 Å². The van der Waals surface area contributed by atoms with Gasteiger partial charge in [-0.3, -0.25) is 9.80 Å². The van der Waals surface area contributed by atoms with Gasteiger partial charge in [0.2, 0.25) is 0 Å². The van der Waals surface area contributed by atoms with Gasteiger partial charge in [0.05, 0.1) is 19.8 Å². The summed E-state index contributed by atoms with van der Waals surface area (Å²) in [5.41, 5.74) is 2.64. The Kier molecular flexibility index (Phi) is 9.89. The van der Waals surface area contributed by atoms with Gasteiger partial charge in [0.1, 0.15) is 0 Å². The van der Waals surface area contributed by atoms with Gasteiger partial charge in [-0.15, -0.1) is 0 Å². The summed E-state index contributed by atoms with van der Waals surface area (Å²) in [5, 5.41) is 6.83. The minimum absolute atomic E-state index is 0.702. The molecule has 1 aromatic rings. The van der Waals surface area contributed by atoms with E-state index < -0.39 is 0 Å². The molecule has 0 bridgehead atoms. The van der Waals surface area contributed by atoms with E-state index in [-0.39, 0.29) is 0 Å². The summed E-state index contributed by atoms with van der Waals surface area (Å²) in [6, 6.07) is 8.95. The average Bonchev–Trinajstić information content (AvgIpc) is 2.78. The largest absolute Gasteiger partial charge is 0.379 e. The second-order valence-electron chi connectivity index (χ2n) is 8.33. The molecule has 2 saturated heterocycles. The lowest BCUT2D eigenvalue weighted by Gasteiger charge is -2.32. The Morgan fingerprint density at radius 3 is 2.33 bits per heavy atom. The predicted octanol–water partition coefficient (Wildman–Crippen LogP) is 1.21. The Morgan fingerprint density at radius 2 is 1.63 bits per heavy atom. The number of benzene rings is 1. The smallest absolute Gasteiger partial charge is 0.191 e. The number of rotatable bonds is 9. The highest BCUT2D eigenvalue weighted by atomic mass is 16.5. The lowest BCUT2D eigenvalue weighted by atomic mass is 10.1. The first kappa shape index (κ1) is 23.0. The number of morpholine rings is 1. The molecule has 0 amide bonds. The molecule has 2 N–H and O–H groups in total. The zero-order valence-corrected chi connectivity index (χ0v) is 18.9. The van der Waals surface area contributed by atoms with Crippen molar-refractivity contribution in [3.05, 3.63) is 35.4 Å². The second kappa shape index (κ2) is 12.9. The molecule has 0 aliphatic carbocycles. The van der Waals surface area contributed by atoms with Gasteiger partial charge in [-0.05, 0) is 38.1 Å². The van der Waals surface area contributed by atoms with Crippen LogP contribution in [0.4, 0.5) is 0 Å². The van der Waals surface area contributed by atoms with Crippen molar-refractivity contribution in [3.8, 4) is 0 Å². The Labute approximate surface area is 182 Å². The van der Waals surface area contributed by atoms with Gasteiger partial charge < -0.3 is 20.3 Å². The van der Waals surface area contributed by atoms with E-state index in [9.17, 15) is 0 Å². The molecular weight excluding hydrogens is 376 g/mol. The Balaban J connectivity index is 1.39. The fourth-order valence-corrected chi connectivity index (χ4v) is 3.86. The minimum atomic E-state index is 0.702. The van der Waals surface area contributed by atoms with E-state index in [1.165, 1.54) is 24.2 Å². The van der Waals surface area contributed by atoms with E-state index in [2.05, 4.69) is 63.6 Å². The molecule has 2 fully saturated rings. The van der Waals surface area contributed by atoms with Crippen molar-refractivity contribution in [3.63, 3.8) is 0 Å². The topological polar surface area (TPSA) is 55.4 Å². The highest BCUT2D eigenvalue weighted by Crippen LogP contribution is 2.10. The average molecular weight is 417 g/mol. The minimum Gasteiger partial charge on any atom is -0.379 e. The van der Waals surface area contributed by atoms with Gasteiger partial charge in [0.25, 0.3) is 0 Å². The predicted molar refractivity (Wildman–Crippen MR) is 124 cm³/mol. The monoisotopic (exact) mass is 416 g/mol. The molecule has 0 radical (unpaired) electrons. The van der Waals surface area contributed by atoms with Crippen LogP contribution in [-0.2, 0) is 17.8 Å². The van der Waals surface area contributed by atoms with Crippen LogP contribution in [-0.4, -0.2) is 99.8 Å². The maximum absolute atomic E-state index is 5.41. The van der Waals surface area contributed by atoms with Crippen LogP contribution in [0.2, 0.25) is 0 Å². The van der Waals surface area contributed by atoms with Gasteiger partial charge in [-0.1, -0.05) is 24.3 Å². The number of hydrogen-bond acceptors (Lipinski definition) is 5. The molecule has 0 atom stereocenters. The Bertz CT molecular complexity index is 621. The molecule has 0 saturated carbocycles. The first-order chi connectivity index (χ1) is 14.7. The number of aliphatic imine (C=N–C) groups is 1. The van der Waals surface area contributed by atoms with Gasteiger partial charge in [-0.2, -0.15) is 0 Å². The molecule has 2 heterocycles. The van der Waals surface area contributed by atoms with Gasteiger partial charge >= 0.3 is 0 Å². The van der Waals surface area contributed by atoms with E-state index >= 15 is 0 Å². The van der Waals surface area contributed by atoms with Crippen LogP contribution in [0.5, 0.6) is 0 Å². The van der Waals surface area contributed by atoms with Gasteiger partial charge in [0.15, 0.2) is 5.96 Å². The van der Waals surface area contributed by atoms with Crippen molar-refractivity contribution in [2.24, 2.45) is 4.99 Å². The maximum atomic E-state index is 5.41. The number of hydrogen-bond donors (Lipinski definition) is 2. The van der Waals surface area contributed by atoms with Crippen molar-refractivity contribution in [2.75, 3.05) is 79.2 Å². The fraction of sp³-hybridized carbons (Fsp3) is 0.696. The first-order valence-electron chi connectivity index (χ1n) is 11.5. The summed E-state index contributed by atoms with van der Waals surface area (Å²) in [6.45, 7) is 15.3. The molecule has 7 heteroatoms. The normalized spacial score (nSPS) is 19.7. The van der Waals surface area contributed by atoms with Crippen molar-refractivity contribution in [1.82, 2.24) is 25.3 Å². The molecule has 0 unspecified atom stereocenters. The lowest BCUT2D eigenvalue weighted by Crippen LogP contribution is -2.43. The number of likely N-dealkylation sites (N-methyl/N-ethyl adjacent to an activating group) is 1. The van der Waals surface area contributed by atoms with Crippen molar-refractivity contribution in [1.29, 1.82) is 0 Å². The molecule has 0 spiro atoms. The standard InChI is InChI=1S/C23H40N6O/c1-3-24-23(25-9-4-10-28-15-17-30-18-16-28)26-19-21-5-7-22(8-6-21)20-29-13-11-27(2)12-14-29/h5-8H,3-4,9-20H2,1-2H3,(H2,24,25,26). The van der Waals surface area contributed by atoms with Crippen LogP contribution in [0.15, 0.2) is 29.3 Å². The quantitative estimate of drug-likeness (QED) is 0.359. The second-order valence-corrected chi connectivity index (χ2v) is 8.33. The summed E-state index contributed by atoms with van der Waals surface area (Å²) in [6.07, 6.45) is 1.12. The molecule has 7 nitrogen and oxygen atoms in total. The molecule has 2 aliphatic heterocycles. The first-order valence-corrected chi connectivity index (χ1v) is 11.5. The zero-order chi connectivity index (χ0) is 21.0. The Hall–Kier alpha value is -1.67. The summed E-state index contributed by atoms with van der Waals surface area (Å²) >= 11 is 0. The van der Waals surface area contributed by atoms with Crippen LogP contribution < -0.4 is 10.6 Å². The fourth-order valence-electron chi connectivity index (χ4n) is 3.86. The molecule has 2 aliphatic rings. The van der Waals surface area contributed by atoms with Crippen molar-refractivity contribution >= 4 is 5.96 Å². The van der Waals surface area contributed by atoms with Crippen LogP contribution >= 0.6 is 0 Å². The Morgan fingerprint density at radius 1 is 0.933 bits per heavy atom. The third kappa shape index (κ3) is 8.22. The highest BCUT2D eigenvalue weighted by molar-refractivity contribution is 5.79. The van der Waals surface area contributed by atoms with Crippen molar-refractivity contribution in [2.45, 2.75) is 26.4 Å². The third-order valence-corrected chi connectivity index (χ3v) is 5.84. The zero-order valence-electron chi connectivity index (χ0n) is 18.9. The number of piperazine rings is 1. The summed E-state index contributed by atoms with van der Waals surface area (Å²) in [5.74, 6) is 0.904. The number of ether oxygens (including phenoxy) is 1. The van der Waals surface area contributed by atoms with E-state index in [0.29, 0.717) is 6.54 Å². The van der Waals surface area contributed by atoms with Gasteiger partial charge in [0, 0.05) is 58.9 Å². The number of nitrogens with one attached hydrogen (secondary N) is 2. The van der Waals surface area contributed by atoms with E-state index in [4.69, 9.17) is 9.73 Å². The van der Waals surface area contributed by atoms with Crippen LogP contribution in [0, 0.1) is 0 Å². The third-order valence-electron chi connectivity index (χ3n) is 5.84. The molecule has 30 heavy (non-hydrogen) atoms. The number of guanidine groups is 1. The lowest BCUT2D eigenvalue weighted by molar-refractivity contribution is 0.0376. The summed E-state index contributed by atoms with van der Waals surface area (Å²) in [7, 11) is 2.20. The van der Waals surface area contributed by atoms with E-state index in [0.717, 1.165) is 78.0 Å². The van der Waals surface area contributed by atoms with Crippen molar-refractivity contribution < 1.29 is 4.74 Å². The van der Waals surface area contributed by atoms with Crippen LogP contribution in [0.25, 0.3) is 0 Å². The SMILES string of the molecule is CCNC(=NCc1ccc(CN2CCN(C)CC2)cc1)NCCCN1CCOCC1. The van der Waals surface area contributed by atoms with Crippen LogP contribution in [0.3, 0.4) is 0 Å². The molecular formula is C23H40N6O.